The van der Waals surface area contributed by atoms with E-state index in [4.69, 9.17) is 21.3 Å². The van der Waals surface area contributed by atoms with Gasteiger partial charge in [-0.15, -0.1) is 0 Å². The van der Waals surface area contributed by atoms with Crippen molar-refractivity contribution in [3.8, 4) is 0 Å². The van der Waals surface area contributed by atoms with Crippen LogP contribution in [0.25, 0.3) is 0 Å². The van der Waals surface area contributed by atoms with Gasteiger partial charge in [-0.25, -0.2) is 4.57 Å². The first-order valence-corrected chi connectivity index (χ1v) is 9.26. The Kier molecular flexibility index (Phi) is 7.30. The van der Waals surface area contributed by atoms with Crippen molar-refractivity contribution in [2.75, 3.05) is 5.32 Å². The second kappa shape index (κ2) is 8.25. The lowest BCUT2D eigenvalue weighted by atomic mass is 10.3. The van der Waals surface area contributed by atoms with Crippen molar-refractivity contribution in [3.05, 3.63) is 28.7 Å². The first kappa shape index (κ1) is 18.6. The molecule has 0 aliphatic heterocycles. The summed E-state index contributed by atoms with van der Waals surface area (Å²) in [7, 11) is -3.50. The van der Waals surface area contributed by atoms with E-state index in [1.165, 1.54) is 0 Å². The summed E-state index contributed by atoms with van der Waals surface area (Å²) in [5, 5.41) is 5.76. The quantitative estimate of drug-likeness (QED) is 0.538. The molecule has 0 amide bonds. The number of nitrogens with one attached hydrogen (secondary N) is 2. The molecule has 0 saturated heterocycles. The molecule has 118 valence electrons. The van der Waals surface area contributed by atoms with Crippen LogP contribution in [-0.2, 0) is 13.6 Å². The topological polar surface area (TPSA) is 59.6 Å². The van der Waals surface area contributed by atoms with Gasteiger partial charge in [0, 0.05) is 10.2 Å². The van der Waals surface area contributed by atoms with Crippen molar-refractivity contribution in [2.24, 2.45) is 0 Å². The number of halogens is 1. The summed E-state index contributed by atoms with van der Waals surface area (Å²) in [6.45, 7) is 7.12. The van der Waals surface area contributed by atoms with Crippen molar-refractivity contribution >= 4 is 46.7 Å². The average Bonchev–Trinajstić information content (AvgIpc) is 2.28. The zero-order valence-corrected chi connectivity index (χ0v) is 15.7. The van der Waals surface area contributed by atoms with E-state index in [-0.39, 0.29) is 17.3 Å². The molecule has 1 aromatic carbocycles. The van der Waals surface area contributed by atoms with E-state index >= 15 is 0 Å². The predicted octanol–water partition coefficient (Wildman–Crippen LogP) is 4.69. The summed E-state index contributed by atoms with van der Waals surface area (Å²) in [4.78, 5) is 0. The number of hydrogen-bond acceptors (Lipinski definition) is 4. The van der Waals surface area contributed by atoms with Crippen LogP contribution in [0.15, 0.2) is 28.7 Å². The van der Waals surface area contributed by atoms with E-state index in [0.717, 1.165) is 10.2 Å². The molecule has 1 aromatic rings. The van der Waals surface area contributed by atoms with Gasteiger partial charge in [0.2, 0.25) is 0 Å². The van der Waals surface area contributed by atoms with Crippen LogP contribution in [0.4, 0.5) is 5.69 Å². The van der Waals surface area contributed by atoms with E-state index in [2.05, 4.69) is 26.3 Å². The van der Waals surface area contributed by atoms with Crippen molar-refractivity contribution < 1.29 is 13.6 Å². The zero-order valence-electron chi connectivity index (χ0n) is 12.4. The molecule has 0 atom stereocenters. The summed E-state index contributed by atoms with van der Waals surface area (Å²) in [5.41, 5.74) is 0.774. The molecule has 0 unspecified atom stereocenters. The highest BCUT2D eigenvalue weighted by atomic mass is 79.9. The molecule has 8 heteroatoms. The Balaban J connectivity index is 2.71. The number of anilines is 1. The van der Waals surface area contributed by atoms with Crippen LogP contribution in [0.3, 0.4) is 0 Å². The van der Waals surface area contributed by atoms with Crippen LogP contribution in [0.5, 0.6) is 0 Å². The van der Waals surface area contributed by atoms with Crippen molar-refractivity contribution in [2.45, 2.75) is 39.9 Å². The van der Waals surface area contributed by atoms with E-state index < -0.39 is 7.75 Å². The summed E-state index contributed by atoms with van der Waals surface area (Å²) in [6, 6.07) is 7.44. The number of benzene rings is 1. The maximum atomic E-state index is 12.6. The first-order valence-electron chi connectivity index (χ1n) is 6.52. The predicted molar refractivity (Wildman–Crippen MR) is 93.5 cm³/mol. The van der Waals surface area contributed by atoms with Crippen LogP contribution < -0.4 is 10.4 Å². The van der Waals surface area contributed by atoms with E-state index in [9.17, 15) is 4.57 Å². The molecule has 0 aliphatic rings. The smallest absolute Gasteiger partial charge is 0.332 e. The van der Waals surface area contributed by atoms with Crippen LogP contribution in [-0.4, -0.2) is 17.3 Å². The Bertz CT molecular complexity index is 509. The lowest BCUT2D eigenvalue weighted by molar-refractivity contribution is 0.139. The molecule has 2 N–H and O–H groups in total. The Morgan fingerprint density at radius 2 is 1.62 bits per heavy atom. The standard InChI is InChI=1S/C13H20BrN2O3PS/c1-9(2)18-20(17,19-10(3)4)16-13(21)15-12-7-5-11(14)6-8-12/h5-10H,1-4H3,(H2,15,16,17,21). The molecule has 5 nitrogen and oxygen atoms in total. The normalized spacial score (nSPS) is 11.8. The van der Waals surface area contributed by atoms with Gasteiger partial charge in [0.25, 0.3) is 0 Å². The summed E-state index contributed by atoms with van der Waals surface area (Å²) < 4.78 is 24.3. The van der Waals surface area contributed by atoms with Crippen LogP contribution in [0.2, 0.25) is 0 Å². The van der Waals surface area contributed by atoms with Crippen LogP contribution in [0, 0.1) is 0 Å². The van der Waals surface area contributed by atoms with Gasteiger partial charge < -0.3 is 5.32 Å². The fraction of sp³-hybridized carbons (Fsp3) is 0.462. The van der Waals surface area contributed by atoms with E-state index in [1.807, 2.05) is 24.3 Å². The minimum absolute atomic E-state index is 0.182. The molecule has 0 bridgehead atoms. The molecule has 21 heavy (non-hydrogen) atoms. The van der Waals surface area contributed by atoms with Gasteiger partial charge in [-0.2, -0.15) is 0 Å². The fourth-order valence-corrected chi connectivity index (χ4v) is 3.74. The summed E-state index contributed by atoms with van der Waals surface area (Å²) in [6.07, 6.45) is -0.505. The van der Waals surface area contributed by atoms with Gasteiger partial charge in [0.05, 0.1) is 12.2 Å². The lowest BCUT2D eigenvalue weighted by Crippen LogP contribution is -2.29. The van der Waals surface area contributed by atoms with E-state index in [1.54, 1.807) is 27.7 Å². The Labute approximate surface area is 139 Å². The van der Waals surface area contributed by atoms with Crippen molar-refractivity contribution in [3.63, 3.8) is 0 Å². The molecule has 0 spiro atoms. The molecule has 0 radical (unpaired) electrons. The molecule has 0 aromatic heterocycles. The van der Waals surface area contributed by atoms with Crippen molar-refractivity contribution in [1.29, 1.82) is 0 Å². The Hall–Kier alpha value is -0.460. The molecule has 1 rings (SSSR count). The monoisotopic (exact) mass is 394 g/mol. The third kappa shape index (κ3) is 7.38. The van der Waals surface area contributed by atoms with Gasteiger partial charge in [0.15, 0.2) is 5.11 Å². The molecule has 0 heterocycles. The SMILES string of the molecule is CC(C)OP(=O)(NC(=S)Nc1ccc(Br)cc1)OC(C)C. The lowest BCUT2D eigenvalue weighted by Gasteiger charge is -2.24. The maximum absolute atomic E-state index is 12.6. The van der Waals surface area contributed by atoms with Crippen LogP contribution >= 0.6 is 35.9 Å². The first-order chi connectivity index (χ1) is 9.70. The highest BCUT2D eigenvalue weighted by Gasteiger charge is 2.29. The molecule has 0 aliphatic carbocycles. The highest BCUT2D eigenvalue weighted by molar-refractivity contribution is 9.10. The third-order valence-corrected chi connectivity index (χ3v) is 4.82. The zero-order chi connectivity index (χ0) is 16.0. The van der Waals surface area contributed by atoms with Crippen LogP contribution in [0.1, 0.15) is 27.7 Å². The maximum Gasteiger partial charge on any atom is 0.434 e. The van der Waals surface area contributed by atoms with Gasteiger partial charge in [-0.1, -0.05) is 15.9 Å². The average molecular weight is 395 g/mol. The van der Waals surface area contributed by atoms with Gasteiger partial charge in [-0.3, -0.25) is 14.1 Å². The van der Waals surface area contributed by atoms with Gasteiger partial charge >= 0.3 is 7.75 Å². The molecule has 0 fully saturated rings. The summed E-state index contributed by atoms with van der Waals surface area (Å²) >= 11 is 8.51. The third-order valence-electron chi connectivity index (χ3n) is 2.04. The minimum Gasteiger partial charge on any atom is -0.332 e. The summed E-state index contributed by atoms with van der Waals surface area (Å²) in [5.74, 6) is 0. The van der Waals surface area contributed by atoms with E-state index in [0.29, 0.717) is 0 Å². The van der Waals surface area contributed by atoms with Gasteiger partial charge in [-0.05, 0) is 64.2 Å². The number of thiocarbonyl (C=S) groups is 1. The van der Waals surface area contributed by atoms with Gasteiger partial charge in [0.1, 0.15) is 0 Å². The second-order valence-corrected chi connectivity index (χ2v) is 7.84. The highest BCUT2D eigenvalue weighted by Crippen LogP contribution is 2.46. The fourth-order valence-electron chi connectivity index (χ4n) is 1.45. The minimum atomic E-state index is -3.50. The number of rotatable bonds is 6. The Morgan fingerprint density at radius 1 is 1.14 bits per heavy atom. The molecule has 0 saturated carbocycles. The molecular formula is C13H20BrN2O3PS. The largest absolute Gasteiger partial charge is 0.434 e. The number of hydrogen-bond donors (Lipinski definition) is 2. The molecular weight excluding hydrogens is 375 g/mol. The second-order valence-electron chi connectivity index (χ2n) is 4.88. The Morgan fingerprint density at radius 3 is 2.05 bits per heavy atom. The van der Waals surface area contributed by atoms with Crippen molar-refractivity contribution in [1.82, 2.24) is 5.09 Å².